The molecule has 1 aliphatic carbocycles. The highest BCUT2D eigenvalue weighted by Gasteiger charge is 2.34. The summed E-state index contributed by atoms with van der Waals surface area (Å²) < 4.78 is 2.32. The topological polar surface area (TPSA) is 56.7 Å². The molecule has 19 heavy (non-hydrogen) atoms. The molecule has 3 rings (SSSR count). The number of hydrogen-bond acceptors (Lipinski definition) is 4. The molecule has 0 saturated heterocycles. The van der Waals surface area contributed by atoms with Crippen molar-refractivity contribution in [2.45, 2.75) is 37.0 Å². The fourth-order valence-electron chi connectivity index (χ4n) is 2.89. The van der Waals surface area contributed by atoms with Gasteiger partial charge in [0.2, 0.25) is 5.95 Å². The van der Waals surface area contributed by atoms with Gasteiger partial charge < -0.3 is 5.73 Å². The Kier molecular flexibility index (Phi) is 3.35. The minimum atomic E-state index is 0.281. The zero-order valence-electron chi connectivity index (χ0n) is 10.9. The minimum absolute atomic E-state index is 0.281. The molecular formula is C13H17ClN4S. The van der Waals surface area contributed by atoms with Crippen molar-refractivity contribution in [3.8, 4) is 0 Å². The Morgan fingerprint density at radius 3 is 2.89 bits per heavy atom. The maximum absolute atomic E-state index is 6.05. The predicted octanol–water partition coefficient (Wildman–Crippen LogP) is 3.34. The van der Waals surface area contributed by atoms with Crippen molar-refractivity contribution in [3.63, 3.8) is 0 Å². The molecule has 0 spiro atoms. The molecule has 102 valence electrons. The molecule has 0 aromatic carbocycles. The van der Waals surface area contributed by atoms with Crippen LogP contribution in [0.15, 0.2) is 12.3 Å². The number of hydrogen-bond donors (Lipinski definition) is 1. The highest BCUT2D eigenvalue weighted by Crippen LogP contribution is 2.42. The number of rotatable bonds is 3. The number of pyridine rings is 1. The number of halogens is 1. The Balaban J connectivity index is 2.02. The summed E-state index contributed by atoms with van der Waals surface area (Å²) in [7, 11) is 0. The average Bonchev–Trinajstić information content (AvgIpc) is 2.96. The van der Waals surface area contributed by atoms with Crippen LogP contribution in [-0.2, 0) is 6.54 Å². The van der Waals surface area contributed by atoms with Gasteiger partial charge in [0.25, 0.3) is 0 Å². The Morgan fingerprint density at radius 1 is 1.47 bits per heavy atom. The van der Waals surface area contributed by atoms with Gasteiger partial charge in [-0.3, -0.25) is 4.57 Å². The number of nitrogen functional groups attached to an aromatic ring is 1. The van der Waals surface area contributed by atoms with Crippen LogP contribution in [0.4, 0.5) is 5.95 Å². The van der Waals surface area contributed by atoms with Crippen LogP contribution in [0.3, 0.4) is 0 Å². The first-order valence-electron chi connectivity index (χ1n) is 6.46. The lowest BCUT2D eigenvalue weighted by atomic mass is 10.1. The van der Waals surface area contributed by atoms with Gasteiger partial charge in [0.15, 0.2) is 5.65 Å². The van der Waals surface area contributed by atoms with Crippen LogP contribution < -0.4 is 5.73 Å². The maximum atomic E-state index is 6.05. The monoisotopic (exact) mass is 296 g/mol. The highest BCUT2D eigenvalue weighted by atomic mass is 35.5. The van der Waals surface area contributed by atoms with Crippen LogP contribution in [0.1, 0.15) is 25.7 Å². The van der Waals surface area contributed by atoms with Crippen LogP contribution in [-0.4, -0.2) is 25.5 Å². The van der Waals surface area contributed by atoms with E-state index in [0.29, 0.717) is 11.0 Å². The third-order valence-corrected chi connectivity index (χ3v) is 5.59. The summed E-state index contributed by atoms with van der Waals surface area (Å²) in [5.41, 5.74) is 7.67. The summed E-state index contributed by atoms with van der Waals surface area (Å²) in [6, 6.07) is 1.82. The average molecular weight is 297 g/mol. The molecule has 2 aromatic rings. The number of nitrogens with zero attached hydrogens (tertiary/aromatic N) is 3. The summed E-state index contributed by atoms with van der Waals surface area (Å²) in [4.78, 5) is 8.75. The van der Waals surface area contributed by atoms with Crippen LogP contribution in [0.25, 0.3) is 11.2 Å². The van der Waals surface area contributed by atoms with Crippen LogP contribution in [0.5, 0.6) is 0 Å². The van der Waals surface area contributed by atoms with Gasteiger partial charge in [-0.15, -0.1) is 0 Å². The van der Waals surface area contributed by atoms with E-state index < -0.39 is 0 Å². The standard InChI is InChI=1S/C13H17ClN4S/c1-19-13(4-2-3-5-13)8-18-11-10(17-12(18)15)6-9(14)7-16-11/h6-7H,2-5,8H2,1H3,(H2,15,17). The molecule has 4 nitrogen and oxygen atoms in total. The number of anilines is 1. The third-order valence-electron chi connectivity index (χ3n) is 3.98. The first kappa shape index (κ1) is 13.1. The lowest BCUT2D eigenvalue weighted by Gasteiger charge is -2.27. The number of nitrogens with two attached hydrogens (primary N) is 1. The van der Waals surface area contributed by atoms with Gasteiger partial charge in [-0.25, -0.2) is 9.97 Å². The smallest absolute Gasteiger partial charge is 0.202 e. The van der Waals surface area contributed by atoms with E-state index in [2.05, 4.69) is 16.2 Å². The van der Waals surface area contributed by atoms with Gasteiger partial charge in [0.1, 0.15) is 5.52 Å². The molecule has 1 aliphatic rings. The summed E-state index contributed by atoms with van der Waals surface area (Å²) in [6.07, 6.45) is 8.91. The van der Waals surface area contributed by atoms with Crippen LogP contribution >= 0.6 is 23.4 Å². The molecule has 2 N–H and O–H groups in total. The van der Waals surface area contributed by atoms with Crippen molar-refractivity contribution in [1.82, 2.24) is 14.5 Å². The molecule has 6 heteroatoms. The Labute approximate surface area is 121 Å². The fraction of sp³-hybridized carbons (Fsp3) is 0.538. The van der Waals surface area contributed by atoms with E-state index >= 15 is 0 Å². The van der Waals surface area contributed by atoms with Gasteiger partial charge in [-0.2, -0.15) is 11.8 Å². The second-order valence-corrected chi connectivity index (χ2v) is 6.86. The molecule has 0 aliphatic heterocycles. The van der Waals surface area contributed by atoms with Crippen molar-refractivity contribution in [3.05, 3.63) is 17.3 Å². The second kappa shape index (κ2) is 4.87. The summed E-state index contributed by atoms with van der Waals surface area (Å²) in [6.45, 7) is 0.880. The van der Waals surface area contributed by atoms with E-state index in [0.717, 1.165) is 17.7 Å². The summed E-state index contributed by atoms with van der Waals surface area (Å²) in [5, 5.41) is 0.595. The quantitative estimate of drug-likeness (QED) is 0.944. The van der Waals surface area contributed by atoms with Gasteiger partial charge in [-0.05, 0) is 25.2 Å². The number of imidazole rings is 1. The van der Waals surface area contributed by atoms with Crippen LogP contribution in [0, 0.1) is 0 Å². The minimum Gasteiger partial charge on any atom is -0.369 e. The maximum Gasteiger partial charge on any atom is 0.202 e. The van der Waals surface area contributed by atoms with E-state index in [-0.39, 0.29) is 4.75 Å². The largest absolute Gasteiger partial charge is 0.369 e. The number of aromatic nitrogens is 3. The normalized spacial score (nSPS) is 18.2. The zero-order chi connectivity index (χ0) is 13.5. The van der Waals surface area contributed by atoms with Crippen molar-refractivity contribution in [2.24, 2.45) is 0 Å². The predicted molar refractivity (Wildman–Crippen MR) is 81.7 cm³/mol. The van der Waals surface area contributed by atoms with Crippen molar-refractivity contribution in [2.75, 3.05) is 12.0 Å². The molecule has 0 unspecified atom stereocenters. The number of fused-ring (bicyclic) bond motifs is 1. The molecule has 1 fully saturated rings. The lowest BCUT2D eigenvalue weighted by molar-refractivity contribution is 0.516. The van der Waals surface area contributed by atoms with E-state index in [1.54, 1.807) is 6.20 Å². The fourth-order valence-corrected chi connectivity index (χ4v) is 4.00. The SMILES string of the molecule is CSC1(Cn2c(N)nc3cc(Cl)cnc32)CCCC1. The third kappa shape index (κ3) is 2.30. The Bertz CT molecular complexity index is 604. The van der Waals surface area contributed by atoms with Gasteiger partial charge in [-0.1, -0.05) is 24.4 Å². The highest BCUT2D eigenvalue weighted by molar-refractivity contribution is 8.00. The van der Waals surface area contributed by atoms with E-state index in [1.165, 1.54) is 25.7 Å². The van der Waals surface area contributed by atoms with Crippen molar-refractivity contribution in [1.29, 1.82) is 0 Å². The molecule has 0 bridgehead atoms. The first-order valence-corrected chi connectivity index (χ1v) is 8.06. The first-order chi connectivity index (χ1) is 9.13. The molecule has 2 aromatic heterocycles. The molecule has 0 atom stereocenters. The summed E-state index contributed by atoms with van der Waals surface area (Å²) in [5.74, 6) is 0.532. The van der Waals surface area contributed by atoms with Crippen LogP contribution in [0.2, 0.25) is 5.02 Å². The van der Waals surface area contributed by atoms with Crippen molar-refractivity contribution < 1.29 is 0 Å². The number of thioether (sulfide) groups is 1. The van der Waals surface area contributed by atoms with Crippen molar-refractivity contribution >= 4 is 40.5 Å². The Hall–Kier alpha value is -0.940. The Morgan fingerprint density at radius 2 is 2.21 bits per heavy atom. The lowest BCUT2D eigenvalue weighted by Crippen LogP contribution is -2.27. The van der Waals surface area contributed by atoms with Gasteiger partial charge in [0, 0.05) is 17.5 Å². The van der Waals surface area contributed by atoms with E-state index in [1.807, 2.05) is 22.4 Å². The second-order valence-electron chi connectivity index (χ2n) is 5.15. The molecular weight excluding hydrogens is 280 g/mol. The molecule has 2 heterocycles. The summed E-state index contributed by atoms with van der Waals surface area (Å²) >= 11 is 7.89. The van der Waals surface area contributed by atoms with E-state index in [4.69, 9.17) is 17.3 Å². The molecule has 1 saturated carbocycles. The molecule has 0 radical (unpaired) electrons. The zero-order valence-corrected chi connectivity index (χ0v) is 12.5. The van der Waals surface area contributed by atoms with E-state index in [9.17, 15) is 0 Å². The van der Waals surface area contributed by atoms with Gasteiger partial charge in [0.05, 0.1) is 5.02 Å². The molecule has 0 amide bonds. The van der Waals surface area contributed by atoms with Gasteiger partial charge >= 0.3 is 0 Å².